The van der Waals surface area contributed by atoms with Gasteiger partial charge in [0.1, 0.15) is 22.9 Å². The second-order valence-electron chi connectivity index (χ2n) is 5.07. The molecule has 6 heteroatoms. The van der Waals surface area contributed by atoms with Crippen LogP contribution in [0.5, 0.6) is 11.5 Å². The van der Waals surface area contributed by atoms with Gasteiger partial charge in [0.05, 0.1) is 26.1 Å². The van der Waals surface area contributed by atoms with E-state index in [-0.39, 0.29) is 5.91 Å². The number of rotatable bonds is 7. The van der Waals surface area contributed by atoms with Gasteiger partial charge in [-0.25, -0.2) is 4.98 Å². The van der Waals surface area contributed by atoms with E-state index < -0.39 is 0 Å². The molecule has 0 aliphatic rings. The highest BCUT2D eigenvalue weighted by atomic mass is 16.5. The molecule has 1 aromatic carbocycles. The summed E-state index contributed by atoms with van der Waals surface area (Å²) in [7, 11) is 3.03. The van der Waals surface area contributed by atoms with Crippen molar-refractivity contribution in [1.29, 1.82) is 0 Å². The number of ether oxygens (including phenoxy) is 2. The lowest BCUT2D eigenvalue weighted by Crippen LogP contribution is -2.22. The van der Waals surface area contributed by atoms with Crippen LogP contribution < -0.4 is 19.7 Å². The van der Waals surface area contributed by atoms with Gasteiger partial charge >= 0.3 is 0 Å². The molecular formula is C18H23N3O3. The molecular weight excluding hydrogens is 306 g/mol. The summed E-state index contributed by atoms with van der Waals surface area (Å²) in [5.41, 5.74) is 1.37. The van der Waals surface area contributed by atoms with Gasteiger partial charge in [-0.3, -0.25) is 4.79 Å². The van der Waals surface area contributed by atoms with Crippen molar-refractivity contribution in [1.82, 2.24) is 4.98 Å². The summed E-state index contributed by atoms with van der Waals surface area (Å²) in [4.78, 5) is 19.1. The minimum Gasteiger partial charge on any atom is -0.496 e. The highest BCUT2D eigenvalue weighted by Crippen LogP contribution is 2.29. The van der Waals surface area contributed by atoms with Crippen molar-refractivity contribution in [3.05, 3.63) is 42.1 Å². The van der Waals surface area contributed by atoms with E-state index >= 15 is 0 Å². The number of methoxy groups -OCH3 is 2. The van der Waals surface area contributed by atoms with Crippen LogP contribution in [0, 0.1) is 0 Å². The Labute approximate surface area is 142 Å². The van der Waals surface area contributed by atoms with Crippen LogP contribution in [0.15, 0.2) is 36.5 Å². The first kappa shape index (κ1) is 17.6. The van der Waals surface area contributed by atoms with E-state index in [2.05, 4.69) is 29.0 Å². The number of hydrogen-bond donors (Lipinski definition) is 1. The normalized spacial score (nSPS) is 10.2. The van der Waals surface area contributed by atoms with E-state index in [0.29, 0.717) is 22.9 Å². The second kappa shape index (κ2) is 8.19. The number of nitrogens with one attached hydrogen (secondary N) is 1. The molecule has 2 aromatic rings. The third kappa shape index (κ3) is 3.76. The molecule has 0 spiro atoms. The first-order valence-corrected chi connectivity index (χ1v) is 7.87. The number of anilines is 2. The number of hydrogen-bond acceptors (Lipinski definition) is 5. The van der Waals surface area contributed by atoms with Crippen LogP contribution in [0.25, 0.3) is 0 Å². The van der Waals surface area contributed by atoms with Gasteiger partial charge in [0.15, 0.2) is 0 Å². The number of pyridine rings is 1. The fourth-order valence-corrected chi connectivity index (χ4v) is 2.49. The quantitative estimate of drug-likeness (QED) is 0.845. The Balaban J connectivity index is 2.21. The lowest BCUT2D eigenvalue weighted by Gasteiger charge is -2.20. The third-order valence-electron chi connectivity index (χ3n) is 3.77. The summed E-state index contributed by atoms with van der Waals surface area (Å²) >= 11 is 0. The lowest BCUT2D eigenvalue weighted by atomic mass is 10.1. The first-order chi connectivity index (χ1) is 11.6. The molecule has 1 heterocycles. The molecule has 6 nitrogen and oxygen atoms in total. The van der Waals surface area contributed by atoms with E-state index in [1.165, 1.54) is 14.2 Å². The SMILES string of the molecule is CCN(CC)c1ccc(NC(=O)c2c(OC)cccc2OC)nc1. The maximum absolute atomic E-state index is 12.6. The van der Waals surface area contributed by atoms with Crippen LogP contribution in [0.3, 0.4) is 0 Å². The average Bonchev–Trinajstić information content (AvgIpc) is 2.63. The molecule has 1 amide bonds. The van der Waals surface area contributed by atoms with Crippen molar-refractivity contribution >= 4 is 17.4 Å². The molecule has 0 unspecified atom stereocenters. The molecule has 128 valence electrons. The summed E-state index contributed by atoms with van der Waals surface area (Å²) in [6.07, 6.45) is 1.75. The molecule has 1 N–H and O–H groups in total. The number of amides is 1. The van der Waals surface area contributed by atoms with Gasteiger partial charge in [0, 0.05) is 13.1 Å². The molecule has 1 aromatic heterocycles. The molecule has 0 aliphatic heterocycles. The van der Waals surface area contributed by atoms with Gasteiger partial charge in [-0.2, -0.15) is 0 Å². The molecule has 0 saturated carbocycles. The predicted octanol–water partition coefficient (Wildman–Crippen LogP) is 3.20. The van der Waals surface area contributed by atoms with Crippen molar-refractivity contribution in [3.8, 4) is 11.5 Å². The number of carbonyl (C=O) groups excluding carboxylic acids is 1. The predicted molar refractivity (Wildman–Crippen MR) is 95.3 cm³/mol. The molecule has 0 fully saturated rings. The van der Waals surface area contributed by atoms with Crippen LogP contribution >= 0.6 is 0 Å². The second-order valence-corrected chi connectivity index (χ2v) is 5.07. The molecule has 0 bridgehead atoms. The van der Waals surface area contributed by atoms with Crippen molar-refractivity contribution in [2.24, 2.45) is 0 Å². The summed E-state index contributed by atoms with van der Waals surface area (Å²) in [5, 5.41) is 2.78. The van der Waals surface area contributed by atoms with Gasteiger partial charge < -0.3 is 19.7 Å². The minimum atomic E-state index is -0.326. The van der Waals surface area contributed by atoms with Crippen LogP contribution in [0.4, 0.5) is 11.5 Å². The molecule has 2 rings (SSSR count). The largest absolute Gasteiger partial charge is 0.496 e. The number of carbonyl (C=O) groups is 1. The number of benzene rings is 1. The standard InChI is InChI=1S/C18H23N3O3/c1-5-21(6-2)13-10-11-16(19-12-13)20-18(22)17-14(23-3)8-7-9-15(17)24-4/h7-12H,5-6H2,1-4H3,(H,19,20,22). The van der Waals surface area contributed by atoms with Gasteiger partial charge in [-0.15, -0.1) is 0 Å². The van der Waals surface area contributed by atoms with E-state index in [1.54, 1.807) is 30.5 Å². The summed E-state index contributed by atoms with van der Waals surface area (Å²) in [5.74, 6) is 1.05. The molecule has 0 saturated heterocycles. The monoisotopic (exact) mass is 329 g/mol. The Morgan fingerprint density at radius 3 is 2.17 bits per heavy atom. The average molecular weight is 329 g/mol. The van der Waals surface area contributed by atoms with Gasteiger partial charge in [-0.05, 0) is 38.1 Å². The topological polar surface area (TPSA) is 63.7 Å². The third-order valence-corrected chi connectivity index (χ3v) is 3.77. The highest BCUT2D eigenvalue weighted by molar-refractivity contribution is 6.07. The Kier molecular flexibility index (Phi) is 6.01. The fraction of sp³-hybridized carbons (Fsp3) is 0.333. The van der Waals surface area contributed by atoms with E-state index in [0.717, 1.165) is 18.8 Å². The summed E-state index contributed by atoms with van der Waals surface area (Å²) in [6.45, 7) is 5.99. The Hall–Kier alpha value is -2.76. The van der Waals surface area contributed by atoms with Crippen LogP contribution in [0.2, 0.25) is 0 Å². The van der Waals surface area contributed by atoms with Crippen molar-refractivity contribution in [3.63, 3.8) is 0 Å². The molecule has 0 atom stereocenters. The zero-order valence-electron chi connectivity index (χ0n) is 14.5. The molecule has 24 heavy (non-hydrogen) atoms. The molecule has 0 radical (unpaired) electrons. The van der Waals surface area contributed by atoms with Crippen LogP contribution in [0.1, 0.15) is 24.2 Å². The first-order valence-electron chi connectivity index (χ1n) is 7.87. The Morgan fingerprint density at radius 2 is 1.71 bits per heavy atom. The van der Waals surface area contributed by atoms with E-state index in [4.69, 9.17) is 9.47 Å². The maximum Gasteiger partial charge on any atom is 0.264 e. The van der Waals surface area contributed by atoms with Crippen LogP contribution in [-0.2, 0) is 0 Å². The summed E-state index contributed by atoms with van der Waals surface area (Å²) in [6, 6.07) is 8.93. The minimum absolute atomic E-state index is 0.326. The smallest absolute Gasteiger partial charge is 0.264 e. The maximum atomic E-state index is 12.6. The van der Waals surface area contributed by atoms with Gasteiger partial charge in [0.25, 0.3) is 5.91 Å². The number of aromatic nitrogens is 1. The molecule has 0 aliphatic carbocycles. The van der Waals surface area contributed by atoms with Crippen LogP contribution in [-0.4, -0.2) is 38.2 Å². The van der Waals surface area contributed by atoms with Gasteiger partial charge in [-0.1, -0.05) is 6.07 Å². The number of nitrogens with zero attached hydrogens (tertiary/aromatic N) is 2. The van der Waals surface area contributed by atoms with E-state index in [9.17, 15) is 4.79 Å². The summed E-state index contributed by atoms with van der Waals surface area (Å²) < 4.78 is 10.5. The van der Waals surface area contributed by atoms with Gasteiger partial charge in [0.2, 0.25) is 0 Å². The zero-order chi connectivity index (χ0) is 17.5. The van der Waals surface area contributed by atoms with Crippen molar-refractivity contribution < 1.29 is 14.3 Å². The Bertz CT molecular complexity index is 660. The lowest BCUT2D eigenvalue weighted by molar-refractivity contribution is 0.102. The highest BCUT2D eigenvalue weighted by Gasteiger charge is 2.18. The van der Waals surface area contributed by atoms with Crippen molar-refractivity contribution in [2.45, 2.75) is 13.8 Å². The zero-order valence-corrected chi connectivity index (χ0v) is 14.5. The van der Waals surface area contributed by atoms with E-state index in [1.807, 2.05) is 6.07 Å². The fourth-order valence-electron chi connectivity index (χ4n) is 2.49. The van der Waals surface area contributed by atoms with Crippen molar-refractivity contribution in [2.75, 3.05) is 37.5 Å². The Morgan fingerprint density at radius 1 is 1.08 bits per heavy atom.